The maximum absolute atomic E-state index is 5.82. The number of ether oxygens (including phenoxy) is 1. The molecule has 4 heteroatoms. The molecule has 0 amide bonds. The highest BCUT2D eigenvalue weighted by Crippen LogP contribution is 2.11. The van der Waals surface area contributed by atoms with Crippen LogP contribution in [0.15, 0.2) is 16.5 Å². The highest BCUT2D eigenvalue weighted by molar-refractivity contribution is 5.07. The lowest BCUT2D eigenvalue weighted by molar-refractivity contribution is 0.175. The van der Waals surface area contributed by atoms with Gasteiger partial charge in [0.2, 0.25) is 0 Å². The van der Waals surface area contributed by atoms with Crippen LogP contribution in [-0.2, 0) is 17.8 Å². The van der Waals surface area contributed by atoms with Gasteiger partial charge in [-0.2, -0.15) is 0 Å². The minimum absolute atomic E-state index is 0.115. The van der Waals surface area contributed by atoms with Gasteiger partial charge >= 0.3 is 0 Å². The van der Waals surface area contributed by atoms with Crippen molar-refractivity contribution in [3.8, 4) is 0 Å². The average molecular weight is 268 g/mol. The van der Waals surface area contributed by atoms with E-state index < -0.39 is 0 Å². The summed E-state index contributed by atoms with van der Waals surface area (Å²) in [5, 5.41) is 3.42. The third-order valence-corrected chi connectivity index (χ3v) is 2.82. The molecular weight excluding hydrogens is 240 g/mol. The molecule has 4 nitrogen and oxygen atoms in total. The van der Waals surface area contributed by atoms with Crippen LogP contribution < -0.4 is 5.32 Å². The Morgan fingerprint density at radius 1 is 1.26 bits per heavy atom. The van der Waals surface area contributed by atoms with Crippen LogP contribution in [0.3, 0.4) is 0 Å². The van der Waals surface area contributed by atoms with Crippen molar-refractivity contribution in [2.45, 2.75) is 45.8 Å². The number of nitrogens with zero attached hydrogens (tertiary/aromatic N) is 1. The lowest BCUT2D eigenvalue weighted by Gasteiger charge is -2.19. The van der Waals surface area contributed by atoms with Crippen LogP contribution in [0.5, 0.6) is 0 Å². The first-order valence-corrected chi connectivity index (χ1v) is 6.91. The fourth-order valence-corrected chi connectivity index (χ4v) is 1.78. The standard InChI is InChI=1S/C15H28N2O2/c1-15(2,3)16-11-13-7-8-14(19-13)12-17(4)9-6-10-18-5/h7-8,16H,6,9-12H2,1-5H3. The Kier molecular flexibility index (Phi) is 6.55. The predicted molar refractivity (Wildman–Crippen MR) is 78.1 cm³/mol. The quantitative estimate of drug-likeness (QED) is 0.736. The smallest absolute Gasteiger partial charge is 0.118 e. The molecular formula is C15H28N2O2. The molecule has 1 aromatic heterocycles. The number of furan rings is 1. The minimum atomic E-state index is 0.115. The molecule has 0 aromatic carbocycles. The van der Waals surface area contributed by atoms with Crippen molar-refractivity contribution in [2.75, 3.05) is 27.3 Å². The van der Waals surface area contributed by atoms with E-state index in [0.717, 1.165) is 44.2 Å². The maximum atomic E-state index is 5.82. The van der Waals surface area contributed by atoms with E-state index in [1.165, 1.54) is 0 Å². The van der Waals surface area contributed by atoms with Gasteiger partial charge in [-0.15, -0.1) is 0 Å². The third-order valence-electron chi connectivity index (χ3n) is 2.82. The van der Waals surface area contributed by atoms with Crippen LogP contribution in [0.2, 0.25) is 0 Å². The van der Waals surface area contributed by atoms with Crippen molar-refractivity contribution in [1.82, 2.24) is 10.2 Å². The van der Waals surface area contributed by atoms with Gasteiger partial charge in [-0.05, 0) is 46.4 Å². The van der Waals surface area contributed by atoms with Crippen molar-refractivity contribution in [2.24, 2.45) is 0 Å². The van der Waals surface area contributed by atoms with Crippen LogP contribution in [0.1, 0.15) is 38.7 Å². The van der Waals surface area contributed by atoms with Gasteiger partial charge in [0.05, 0.1) is 13.1 Å². The van der Waals surface area contributed by atoms with Crippen molar-refractivity contribution < 1.29 is 9.15 Å². The molecule has 0 saturated carbocycles. The first-order valence-electron chi connectivity index (χ1n) is 6.91. The topological polar surface area (TPSA) is 37.6 Å². The van der Waals surface area contributed by atoms with Gasteiger partial charge < -0.3 is 14.5 Å². The zero-order valence-corrected chi connectivity index (χ0v) is 13.0. The molecule has 110 valence electrons. The number of rotatable bonds is 8. The molecule has 0 spiro atoms. The van der Waals surface area contributed by atoms with Crippen LogP contribution in [0.4, 0.5) is 0 Å². The van der Waals surface area contributed by atoms with Crippen molar-refractivity contribution in [3.05, 3.63) is 23.7 Å². The number of methoxy groups -OCH3 is 1. The molecule has 1 N–H and O–H groups in total. The summed E-state index contributed by atoms with van der Waals surface area (Å²) in [6.07, 6.45) is 1.05. The summed E-state index contributed by atoms with van der Waals surface area (Å²) in [6.45, 7) is 9.91. The highest BCUT2D eigenvalue weighted by atomic mass is 16.5. The second-order valence-electron chi connectivity index (χ2n) is 6.06. The van der Waals surface area contributed by atoms with E-state index in [1.54, 1.807) is 7.11 Å². The molecule has 0 saturated heterocycles. The largest absolute Gasteiger partial charge is 0.463 e. The Morgan fingerprint density at radius 3 is 2.58 bits per heavy atom. The Labute approximate surface area is 117 Å². The third kappa shape index (κ3) is 7.35. The molecule has 0 aliphatic rings. The summed E-state index contributed by atoms with van der Waals surface area (Å²) in [5.41, 5.74) is 0.115. The van der Waals surface area contributed by atoms with E-state index in [1.807, 2.05) is 0 Å². The molecule has 0 radical (unpaired) electrons. The zero-order chi connectivity index (χ0) is 14.3. The summed E-state index contributed by atoms with van der Waals surface area (Å²) < 4.78 is 10.9. The Morgan fingerprint density at radius 2 is 1.95 bits per heavy atom. The minimum Gasteiger partial charge on any atom is -0.463 e. The molecule has 19 heavy (non-hydrogen) atoms. The van der Waals surface area contributed by atoms with Crippen LogP contribution in [0, 0.1) is 0 Å². The molecule has 1 rings (SSSR count). The molecule has 1 heterocycles. The van der Waals surface area contributed by atoms with Gasteiger partial charge in [-0.1, -0.05) is 0 Å². The van der Waals surface area contributed by atoms with E-state index in [-0.39, 0.29) is 5.54 Å². The second-order valence-corrected chi connectivity index (χ2v) is 6.06. The first-order chi connectivity index (χ1) is 8.90. The van der Waals surface area contributed by atoms with Crippen LogP contribution >= 0.6 is 0 Å². The summed E-state index contributed by atoms with van der Waals surface area (Å²) in [6, 6.07) is 4.11. The lowest BCUT2D eigenvalue weighted by atomic mass is 10.1. The first kappa shape index (κ1) is 16.2. The van der Waals surface area contributed by atoms with Crippen LogP contribution in [-0.4, -0.2) is 37.7 Å². The lowest BCUT2D eigenvalue weighted by Crippen LogP contribution is -2.34. The van der Waals surface area contributed by atoms with Gasteiger partial charge in [0.15, 0.2) is 0 Å². The highest BCUT2D eigenvalue weighted by Gasteiger charge is 2.10. The molecule has 0 atom stereocenters. The van der Waals surface area contributed by atoms with Gasteiger partial charge in [0.25, 0.3) is 0 Å². The van der Waals surface area contributed by atoms with E-state index >= 15 is 0 Å². The van der Waals surface area contributed by atoms with E-state index in [4.69, 9.17) is 9.15 Å². The summed E-state index contributed by atoms with van der Waals surface area (Å²) in [4.78, 5) is 2.25. The Bertz CT molecular complexity index is 355. The maximum Gasteiger partial charge on any atom is 0.118 e. The van der Waals surface area contributed by atoms with Crippen molar-refractivity contribution in [1.29, 1.82) is 0 Å². The Hall–Kier alpha value is -0.840. The summed E-state index contributed by atoms with van der Waals surface area (Å²) >= 11 is 0. The fourth-order valence-electron chi connectivity index (χ4n) is 1.78. The van der Waals surface area contributed by atoms with Crippen molar-refractivity contribution >= 4 is 0 Å². The van der Waals surface area contributed by atoms with Gasteiger partial charge in [0, 0.05) is 25.8 Å². The SMILES string of the molecule is COCCCN(C)Cc1ccc(CNC(C)(C)C)o1. The predicted octanol–water partition coefficient (Wildman–Crippen LogP) is 2.64. The van der Waals surface area contributed by atoms with E-state index in [9.17, 15) is 0 Å². The van der Waals surface area contributed by atoms with Crippen LogP contribution in [0.25, 0.3) is 0 Å². The van der Waals surface area contributed by atoms with E-state index in [0.29, 0.717) is 0 Å². The van der Waals surface area contributed by atoms with Crippen molar-refractivity contribution in [3.63, 3.8) is 0 Å². The molecule has 0 bridgehead atoms. The second kappa shape index (κ2) is 7.68. The molecule has 0 fully saturated rings. The summed E-state index contributed by atoms with van der Waals surface area (Å²) in [7, 11) is 3.84. The van der Waals surface area contributed by atoms with Gasteiger partial charge in [-0.3, -0.25) is 4.90 Å². The fraction of sp³-hybridized carbons (Fsp3) is 0.733. The van der Waals surface area contributed by atoms with Gasteiger partial charge in [-0.25, -0.2) is 0 Å². The molecule has 0 aliphatic carbocycles. The monoisotopic (exact) mass is 268 g/mol. The molecule has 1 aromatic rings. The number of hydrogen-bond acceptors (Lipinski definition) is 4. The summed E-state index contributed by atoms with van der Waals surface area (Å²) in [5.74, 6) is 2.01. The van der Waals surface area contributed by atoms with Gasteiger partial charge in [0.1, 0.15) is 11.5 Å². The normalized spacial score (nSPS) is 12.3. The average Bonchev–Trinajstić information content (AvgIpc) is 2.73. The zero-order valence-electron chi connectivity index (χ0n) is 13.0. The number of nitrogens with one attached hydrogen (secondary N) is 1. The molecule has 0 aliphatic heterocycles. The Balaban J connectivity index is 2.33. The molecule has 0 unspecified atom stereocenters. The van der Waals surface area contributed by atoms with E-state index in [2.05, 4.69) is 50.2 Å². The number of hydrogen-bond donors (Lipinski definition) is 1.